The molecule has 2 heterocycles. The van der Waals surface area contributed by atoms with Crippen molar-refractivity contribution in [3.05, 3.63) is 57.1 Å². The highest BCUT2D eigenvalue weighted by molar-refractivity contribution is 6.42. The summed E-state index contributed by atoms with van der Waals surface area (Å²) in [6.45, 7) is 0. The second-order valence-corrected chi connectivity index (χ2v) is 4.68. The lowest BCUT2D eigenvalue weighted by Gasteiger charge is -2.14. The predicted octanol–water partition coefficient (Wildman–Crippen LogP) is 3.28. The van der Waals surface area contributed by atoms with Gasteiger partial charge in [-0.05, 0) is 23.8 Å². The Hall–Kier alpha value is -1.12. The molecular weight excluding hydrogens is 243 g/mol. The van der Waals surface area contributed by atoms with Crippen molar-refractivity contribution >= 4 is 23.2 Å². The van der Waals surface area contributed by atoms with Crippen molar-refractivity contribution in [3.8, 4) is 0 Å². The van der Waals surface area contributed by atoms with E-state index in [1.54, 1.807) is 6.07 Å². The molecule has 4 heteroatoms. The summed E-state index contributed by atoms with van der Waals surface area (Å²) >= 11 is 11.8. The van der Waals surface area contributed by atoms with E-state index >= 15 is 0 Å². The fourth-order valence-electron chi connectivity index (χ4n) is 1.76. The summed E-state index contributed by atoms with van der Waals surface area (Å²) in [6.07, 6.45) is 1.63. The number of rotatable bonds is 2. The summed E-state index contributed by atoms with van der Waals surface area (Å²) in [5, 5.41) is 1.15. The maximum Gasteiger partial charge on any atom is 0.133 e. The Labute approximate surface area is 103 Å². The number of nitrogens with zero attached hydrogens (tertiary/aromatic N) is 2. The van der Waals surface area contributed by atoms with Crippen molar-refractivity contribution in [3.63, 3.8) is 0 Å². The summed E-state index contributed by atoms with van der Waals surface area (Å²) in [7, 11) is 0. The van der Waals surface area contributed by atoms with Crippen LogP contribution in [0.5, 0.6) is 0 Å². The summed E-state index contributed by atoms with van der Waals surface area (Å²) < 4.78 is 0. The fourth-order valence-corrected chi connectivity index (χ4v) is 2.08. The Kier molecular flexibility index (Phi) is 2.34. The molecule has 1 aliphatic heterocycles. The van der Waals surface area contributed by atoms with Crippen LogP contribution in [0, 0.1) is 0 Å². The van der Waals surface area contributed by atoms with Crippen LogP contribution < -0.4 is 0 Å². The average molecular weight is 251 g/mol. The second-order valence-electron chi connectivity index (χ2n) is 3.87. The Morgan fingerprint density at radius 3 is 2.31 bits per heavy atom. The molecule has 1 aromatic carbocycles. The molecule has 0 radical (unpaired) electrons. The molecule has 2 nitrogen and oxygen atoms in total. The van der Waals surface area contributed by atoms with Crippen LogP contribution in [0.25, 0.3) is 0 Å². The Morgan fingerprint density at radius 2 is 1.69 bits per heavy atom. The zero-order chi connectivity index (χ0) is 11.1. The highest BCUT2D eigenvalue weighted by Gasteiger charge is 2.14. The second kappa shape index (κ2) is 3.72. The highest BCUT2D eigenvalue weighted by atomic mass is 35.5. The maximum absolute atomic E-state index is 5.95. The predicted molar refractivity (Wildman–Crippen MR) is 64.1 cm³/mol. The quantitative estimate of drug-likeness (QED) is 0.698. The fraction of sp³-hybridized carbons (Fsp3) is 0.167. The molecule has 80 valence electrons. The third-order valence-electron chi connectivity index (χ3n) is 2.59. The van der Waals surface area contributed by atoms with Gasteiger partial charge in [-0.3, -0.25) is 0 Å². The molecule has 0 atom stereocenters. The molecule has 0 N–H and O–H groups in total. The minimum atomic E-state index is 0.576. The van der Waals surface area contributed by atoms with Gasteiger partial charge in [0.1, 0.15) is 5.82 Å². The molecule has 1 aromatic heterocycles. The first kappa shape index (κ1) is 10.1. The van der Waals surface area contributed by atoms with E-state index in [2.05, 4.69) is 9.97 Å². The normalized spacial score (nSPS) is 12.4. The number of fused-ring (bicyclic) bond motifs is 2. The molecule has 0 fully saturated rings. The van der Waals surface area contributed by atoms with Crippen LogP contribution in [0.4, 0.5) is 0 Å². The Bertz CT molecular complexity index is 547. The van der Waals surface area contributed by atoms with Crippen molar-refractivity contribution in [2.45, 2.75) is 12.8 Å². The maximum atomic E-state index is 5.95. The van der Waals surface area contributed by atoms with Gasteiger partial charge in [0, 0.05) is 12.8 Å². The molecule has 16 heavy (non-hydrogen) atoms. The van der Waals surface area contributed by atoms with Crippen LogP contribution >= 0.6 is 23.2 Å². The zero-order valence-electron chi connectivity index (χ0n) is 8.37. The summed E-state index contributed by atoms with van der Waals surface area (Å²) in [5.41, 5.74) is 3.33. The van der Waals surface area contributed by atoms with Crippen molar-refractivity contribution < 1.29 is 0 Å². The number of aromatic nitrogens is 2. The first-order valence-electron chi connectivity index (χ1n) is 5.00. The van der Waals surface area contributed by atoms with Crippen LogP contribution in [0.2, 0.25) is 10.0 Å². The number of hydrogen-bond acceptors (Lipinski definition) is 2. The smallest absolute Gasteiger partial charge is 0.133 e. The van der Waals surface area contributed by atoms with Gasteiger partial charge < -0.3 is 0 Å². The lowest BCUT2D eigenvalue weighted by molar-refractivity contribution is 0.811. The Morgan fingerprint density at radius 1 is 1.00 bits per heavy atom. The van der Waals surface area contributed by atoms with E-state index in [1.165, 1.54) is 0 Å². The number of hydrogen-bond donors (Lipinski definition) is 0. The van der Waals surface area contributed by atoms with Crippen molar-refractivity contribution in [2.24, 2.45) is 0 Å². The van der Waals surface area contributed by atoms with Crippen LogP contribution in [0.1, 0.15) is 22.8 Å². The van der Waals surface area contributed by atoms with E-state index < -0.39 is 0 Å². The largest absolute Gasteiger partial charge is 0.237 e. The van der Waals surface area contributed by atoms with Crippen LogP contribution in [0.15, 0.2) is 24.3 Å². The van der Waals surface area contributed by atoms with Crippen molar-refractivity contribution in [1.82, 2.24) is 9.97 Å². The molecule has 0 amide bonds. The highest BCUT2D eigenvalue weighted by Crippen LogP contribution is 2.24. The minimum absolute atomic E-state index is 0.576. The SMILES string of the molecule is Clc1ccc(Cc2nc3cc(n2)C3)cc1Cl. The molecule has 0 spiro atoms. The molecule has 2 bridgehead atoms. The number of halogens is 2. The van der Waals surface area contributed by atoms with Crippen LogP contribution in [-0.2, 0) is 12.8 Å². The molecule has 2 aliphatic rings. The lowest BCUT2D eigenvalue weighted by atomic mass is 10.1. The summed E-state index contributed by atoms with van der Waals surface area (Å²) in [4.78, 5) is 8.82. The molecule has 4 rings (SSSR count). The van der Waals surface area contributed by atoms with Crippen LogP contribution in [0.3, 0.4) is 0 Å². The summed E-state index contributed by atoms with van der Waals surface area (Å²) in [6, 6.07) is 7.63. The Balaban J connectivity index is 1.87. The van der Waals surface area contributed by atoms with Gasteiger partial charge >= 0.3 is 0 Å². The number of benzene rings is 1. The van der Waals surface area contributed by atoms with Gasteiger partial charge in [0.15, 0.2) is 0 Å². The van der Waals surface area contributed by atoms with Gasteiger partial charge in [-0.2, -0.15) is 0 Å². The molecule has 1 aliphatic carbocycles. The molecule has 0 saturated heterocycles. The van der Waals surface area contributed by atoms with Gasteiger partial charge in [-0.15, -0.1) is 0 Å². The van der Waals surface area contributed by atoms with E-state index in [4.69, 9.17) is 23.2 Å². The molecule has 0 unspecified atom stereocenters. The van der Waals surface area contributed by atoms with E-state index in [9.17, 15) is 0 Å². The zero-order valence-corrected chi connectivity index (χ0v) is 9.89. The third kappa shape index (κ3) is 1.79. The van der Waals surface area contributed by atoms with Gasteiger partial charge in [0.25, 0.3) is 0 Å². The molecule has 0 saturated carbocycles. The van der Waals surface area contributed by atoms with E-state index in [0.29, 0.717) is 16.5 Å². The van der Waals surface area contributed by atoms with E-state index in [-0.39, 0.29) is 0 Å². The van der Waals surface area contributed by atoms with Crippen molar-refractivity contribution in [1.29, 1.82) is 0 Å². The van der Waals surface area contributed by atoms with E-state index in [1.807, 2.05) is 18.2 Å². The van der Waals surface area contributed by atoms with Gasteiger partial charge in [0.2, 0.25) is 0 Å². The summed E-state index contributed by atoms with van der Waals surface area (Å²) in [5.74, 6) is 0.858. The van der Waals surface area contributed by atoms with Gasteiger partial charge in [-0.25, -0.2) is 9.97 Å². The first-order chi connectivity index (χ1) is 7.70. The standard InChI is InChI=1S/C12H8Cl2N2/c13-10-2-1-7(3-11(10)14)4-12-15-8-5-9(6-8)16-12/h1-3,5H,4,6H2. The van der Waals surface area contributed by atoms with Crippen LogP contribution in [-0.4, -0.2) is 9.97 Å². The van der Waals surface area contributed by atoms with Gasteiger partial charge in [-0.1, -0.05) is 29.3 Å². The third-order valence-corrected chi connectivity index (χ3v) is 3.33. The topological polar surface area (TPSA) is 25.8 Å². The monoisotopic (exact) mass is 250 g/mol. The van der Waals surface area contributed by atoms with Crippen molar-refractivity contribution in [2.75, 3.05) is 0 Å². The average Bonchev–Trinajstić information content (AvgIpc) is 2.23. The minimum Gasteiger partial charge on any atom is -0.237 e. The first-order valence-corrected chi connectivity index (χ1v) is 5.76. The lowest BCUT2D eigenvalue weighted by Crippen LogP contribution is -2.12. The van der Waals surface area contributed by atoms with Gasteiger partial charge in [0.05, 0.1) is 21.4 Å². The molecular formula is C12H8Cl2N2. The molecule has 2 aromatic rings. The van der Waals surface area contributed by atoms with E-state index in [0.717, 1.165) is 29.2 Å².